The summed E-state index contributed by atoms with van der Waals surface area (Å²) in [4.78, 5) is 37.4. The fraction of sp³-hybridized carbons (Fsp3) is 0.583. The minimum absolute atomic E-state index is 0.0469. The molecule has 2 saturated heterocycles. The highest BCUT2D eigenvalue weighted by atomic mass is 19.1. The molecule has 11 heteroatoms. The first-order chi connectivity index (χ1) is 22.7. The molecular weight excluding hydrogens is 595 g/mol. The van der Waals surface area contributed by atoms with Gasteiger partial charge in [0.1, 0.15) is 30.0 Å². The second kappa shape index (κ2) is 14.5. The first-order valence-corrected chi connectivity index (χ1v) is 17.3. The van der Waals surface area contributed by atoms with Crippen molar-refractivity contribution in [3.8, 4) is 11.5 Å². The molecule has 1 N–H and O–H groups in total. The SMILES string of the molecule is CC(C)N(C(=O)c1cc(F)ccc1Oc1cncnc1N1CC[C@@H](CN2CCC3(CCC(Nc4ccncn4)CC3)CC2)C1)C(C)C. The van der Waals surface area contributed by atoms with Crippen LogP contribution in [0, 0.1) is 17.2 Å². The number of amides is 1. The minimum atomic E-state index is -0.480. The average Bonchev–Trinajstić information content (AvgIpc) is 3.53. The van der Waals surface area contributed by atoms with Crippen LogP contribution in [-0.4, -0.2) is 86.5 Å². The topological polar surface area (TPSA) is 99.6 Å². The molecule has 4 heterocycles. The van der Waals surface area contributed by atoms with Gasteiger partial charge >= 0.3 is 0 Å². The van der Waals surface area contributed by atoms with Crippen LogP contribution in [-0.2, 0) is 0 Å². The third-order valence-electron chi connectivity index (χ3n) is 10.4. The molecule has 1 spiro atoms. The summed E-state index contributed by atoms with van der Waals surface area (Å²) in [7, 11) is 0. The number of benzene rings is 1. The molecule has 1 amide bonds. The Morgan fingerprint density at radius 3 is 2.43 bits per heavy atom. The van der Waals surface area contributed by atoms with Crippen LogP contribution in [0.4, 0.5) is 16.0 Å². The monoisotopic (exact) mass is 644 g/mol. The number of likely N-dealkylation sites (tertiary alicyclic amines) is 1. The van der Waals surface area contributed by atoms with Crippen LogP contribution >= 0.6 is 0 Å². The molecule has 0 bridgehead atoms. The Kier molecular flexibility index (Phi) is 10.2. The Balaban J connectivity index is 1.04. The highest BCUT2D eigenvalue weighted by molar-refractivity contribution is 5.97. The number of rotatable bonds is 10. The predicted molar refractivity (Wildman–Crippen MR) is 181 cm³/mol. The van der Waals surface area contributed by atoms with Gasteiger partial charge in [0.05, 0.1) is 11.8 Å². The maximum Gasteiger partial charge on any atom is 0.258 e. The summed E-state index contributed by atoms with van der Waals surface area (Å²) in [5.41, 5.74) is 0.678. The number of piperidine rings is 1. The second-order valence-corrected chi connectivity index (χ2v) is 14.3. The van der Waals surface area contributed by atoms with Gasteiger partial charge in [-0.15, -0.1) is 0 Å². The number of carbonyl (C=O) groups is 1. The van der Waals surface area contributed by atoms with Gasteiger partial charge in [0, 0.05) is 44.0 Å². The van der Waals surface area contributed by atoms with E-state index >= 15 is 0 Å². The molecule has 1 aromatic carbocycles. The van der Waals surface area contributed by atoms with Crippen molar-refractivity contribution in [3.63, 3.8) is 0 Å². The molecule has 2 aliphatic heterocycles. The number of hydrogen-bond donors (Lipinski definition) is 1. The highest BCUT2D eigenvalue weighted by Gasteiger charge is 2.39. The molecule has 3 aromatic rings. The van der Waals surface area contributed by atoms with Gasteiger partial charge in [-0.05, 0) is 121 Å². The normalized spacial score (nSPS) is 20.2. The summed E-state index contributed by atoms with van der Waals surface area (Å²) in [6.45, 7) is 13.0. The van der Waals surface area contributed by atoms with E-state index < -0.39 is 5.82 Å². The molecule has 1 aliphatic carbocycles. The number of carbonyl (C=O) groups excluding carboxylic acids is 1. The smallest absolute Gasteiger partial charge is 0.258 e. The van der Waals surface area contributed by atoms with Gasteiger partial charge in [-0.1, -0.05) is 0 Å². The Labute approximate surface area is 278 Å². The Bertz CT molecular complexity index is 1480. The number of aromatic nitrogens is 4. The predicted octanol–water partition coefficient (Wildman–Crippen LogP) is 6.42. The maximum absolute atomic E-state index is 14.4. The van der Waals surface area contributed by atoms with E-state index in [9.17, 15) is 9.18 Å². The highest BCUT2D eigenvalue weighted by Crippen LogP contribution is 2.45. The van der Waals surface area contributed by atoms with Gasteiger partial charge in [0.25, 0.3) is 5.91 Å². The first kappa shape index (κ1) is 33.1. The number of nitrogens with zero attached hydrogens (tertiary/aromatic N) is 7. The zero-order valence-electron chi connectivity index (χ0n) is 28.2. The summed E-state index contributed by atoms with van der Waals surface area (Å²) in [5, 5.41) is 3.60. The van der Waals surface area contributed by atoms with Gasteiger partial charge < -0.3 is 24.8 Å². The number of hydrogen-bond acceptors (Lipinski definition) is 9. The molecular formula is C36H49FN8O2. The van der Waals surface area contributed by atoms with Crippen LogP contribution in [0.3, 0.4) is 0 Å². The van der Waals surface area contributed by atoms with Crippen LogP contribution < -0.4 is 15.0 Å². The number of nitrogens with one attached hydrogen (secondary N) is 1. The van der Waals surface area contributed by atoms with Gasteiger partial charge in [-0.3, -0.25) is 4.79 Å². The van der Waals surface area contributed by atoms with Crippen molar-refractivity contribution in [2.45, 2.75) is 90.8 Å². The molecule has 3 fully saturated rings. The van der Waals surface area contributed by atoms with Crippen LogP contribution in [0.1, 0.15) is 83.0 Å². The van der Waals surface area contributed by atoms with Crippen LogP contribution in [0.5, 0.6) is 11.5 Å². The van der Waals surface area contributed by atoms with Crippen molar-refractivity contribution in [2.75, 3.05) is 42.9 Å². The van der Waals surface area contributed by atoms with Crippen molar-refractivity contribution >= 4 is 17.5 Å². The Hall–Kier alpha value is -3.86. The number of anilines is 2. The zero-order valence-corrected chi connectivity index (χ0v) is 28.2. The lowest BCUT2D eigenvalue weighted by molar-refractivity contribution is 0.0584. The molecule has 3 aliphatic rings. The summed E-state index contributed by atoms with van der Waals surface area (Å²) < 4.78 is 20.7. The summed E-state index contributed by atoms with van der Waals surface area (Å²) in [6, 6.07) is 6.46. The molecule has 0 radical (unpaired) electrons. The minimum Gasteiger partial charge on any atom is -0.451 e. The van der Waals surface area contributed by atoms with E-state index in [1.807, 2.05) is 33.8 Å². The molecule has 252 valence electrons. The Morgan fingerprint density at radius 2 is 1.72 bits per heavy atom. The van der Waals surface area contributed by atoms with E-state index in [0.717, 1.165) is 45.0 Å². The van der Waals surface area contributed by atoms with Gasteiger partial charge in [0.2, 0.25) is 0 Å². The fourth-order valence-corrected chi connectivity index (χ4v) is 7.91. The van der Waals surface area contributed by atoms with E-state index in [0.29, 0.717) is 34.7 Å². The van der Waals surface area contributed by atoms with E-state index in [-0.39, 0.29) is 23.6 Å². The molecule has 2 aromatic heterocycles. The third-order valence-corrected chi connectivity index (χ3v) is 10.4. The lowest BCUT2D eigenvalue weighted by atomic mass is 9.67. The summed E-state index contributed by atoms with van der Waals surface area (Å²) in [6.07, 6.45) is 15.2. The molecule has 6 rings (SSSR count). The van der Waals surface area contributed by atoms with Crippen molar-refractivity contribution < 1.29 is 13.9 Å². The first-order valence-electron chi connectivity index (χ1n) is 17.3. The van der Waals surface area contributed by atoms with Gasteiger partial charge in [-0.2, -0.15) is 0 Å². The van der Waals surface area contributed by atoms with Crippen LogP contribution in [0.2, 0.25) is 0 Å². The standard InChI is InChI=1S/C36H49FN8O2/c1-25(2)45(26(3)4)35(46)30-19-28(37)5-6-31(30)47-32-20-39-24-41-34(32)44-16-10-27(22-44)21-43-17-13-36(14-18-43)11-7-29(8-12-36)42-33-9-15-38-23-40-33/h5-6,9,15,19-20,23-27,29H,7-8,10-14,16-18,21-22H2,1-4H3,(H,38,40,42)/t27-/m0/s1. The molecule has 47 heavy (non-hydrogen) atoms. The summed E-state index contributed by atoms with van der Waals surface area (Å²) >= 11 is 0. The molecule has 0 unspecified atom stereocenters. The van der Waals surface area contributed by atoms with Crippen molar-refractivity contribution in [1.29, 1.82) is 0 Å². The Morgan fingerprint density at radius 1 is 0.979 bits per heavy atom. The van der Waals surface area contributed by atoms with Crippen molar-refractivity contribution in [1.82, 2.24) is 29.7 Å². The number of halogens is 1. The van der Waals surface area contributed by atoms with E-state index in [1.165, 1.54) is 63.1 Å². The largest absolute Gasteiger partial charge is 0.451 e. The van der Waals surface area contributed by atoms with Gasteiger partial charge in [-0.25, -0.2) is 24.3 Å². The van der Waals surface area contributed by atoms with Crippen LogP contribution in [0.15, 0.2) is 49.3 Å². The fourth-order valence-electron chi connectivity index (χ4n) is 7.91. The van der Waals surface area contributed by atoms with E-state index in [2.05, 4.69) is 35.1 Å². The lowest BCUT2D eigenvalue weighted by Crippen LogP contribution is -2.45. The molecule has 10 nitrogen and oxygen atoms in total. The third kappa shape index (κ3) is 7.83. The maximum atomic E-state index is 14.4. The molecule has 1 saturated carbocycles. The second-order valence-electron chi connectivity index (χ2n) is 14.3. The number of ether oxygens (including phenoxy) is 1. The lowest BCUT2D eigenvalue weighted by Gasteiger charge is -2.46. The van der Waals surface area contributed by atoms with Crippen molar-refractivity contribution in [2.24, 2.45) is 11.3 Å². The quantitative estimate of drug-likeness (QED) is 0.268. The van der Waals surface area contributed by atoms with Gasteiger partial charge in [0.15, 0.2) is 11.6 Å². The van der Waals surface area contributed by atoms with E-state index in [1.54, 1.807) is 23.6 Å². The zero-order chi connectivity index (χ0) is 33.0. The molecule has 1 atom stereocenters. The average molecular weight is 645 g/mol. The van der Waals surface area contributed by atoms with E-state index in [4.69, 9.17) is 4.74 Å². The van der Waals surface area contributed by atoms with Crippen LogP contribution in [0.25, 0.3) is 0 Å². The summed E-state index contributed by atoms with van der Waals surface area (Å²) in [5.74, 6) is 2.20. The van der Waals surface area contributed by atoms with Crippen molar-refractivity contribution in [3.05, 3.63) is 60.7 Å².